The zero-order valence-corrected chi connectivity index (χ0v) is 22.2. The van der Waals surface area contributed by atoms with Gasteiger partial charge in [0, 0.05) is 42.4 Å². The second-order valence-electron chi connectivity index (χ2n) is 7.51. The molecule has 0 unspecified atom stereocenters. The first-order valence-electron chi connectivity index (χ1n) is 10.7. The van der Waals surface area contributed by atoms with Crippen LogP contribution in [0.3, 0.4) is 0 Å². The second kappa shape index (κ2) is 12.4. The Morgan fingerprint density at radius 1 is 1.19 bits per heavy atom. The van der Waals surface area contributed by atoms with Crippen molar-refractivity contribution in [2.24, 2.45) is 0 Å². The van der Waals surface area contributed by atoms with Gasteiger partial charge >= 0.3 is 6.09 Å². The highest BCUT2D eigenvalue weighted by Gasteiger charge is 2.33. The number of amides is 1. The van der Waals surface area contributed by atoms with Gasteiger partial charge in [0.2, 0.25) is 5.13 Å². The maximum absolute atomic E-state index is 15.3. The summed E-state index contributed by atoms with van der Waals surface area (Å²) in [7, 11) is -1.72. The molecule has 2 N–H and O–H groups in total. The Labute approximate surface area is 221 Å². The Bertz CT molecular complexity index is 1340. The normalized spacial score (nSPS) is 11.3. The zero-order valence-electron chi connectivity index (χ0n) is 19.8. The number of hydrogen-bond acceptors (Lipinski definition) is 9. The number of halogens is 2. The highest BCUT2D eigenvalue weighted by atomic mass is 35.5. The molecule has 0 bridgehead atoms. The number of aliphatic hydroxyl groups is 1. The molecule has 2 aromatic carbocycles. The monoisotopic (exact) mass is 574 g/mol. The molecule has 3 aromatic rings. The first-order chi connectivity index (χ1) is 17.6. The molecule has 3 rings (SSSR count). The van der Waals surface area contributed by atoms with E-state index in [1.165, 1.54) is 14.2 Å². The smallest absolute Gasteiger partial charge is 0.411 e. The molecule has 0 aliphatic heterocycles. The minimum atomic E-state index is -4.60. The lowest BCUT2D eigenvalue weighted by Gasteiger charge is -2.24. The van der Waals surface area contributed by atoms with Gasteiger partial charge in [-0.3, -0.25) is 4.90 Å². The highest BCUT2D eigenvalue weighted by molar-refractivity contribution is 7.93. The number of carbonyl (C=O) groups is 1. The third-order valence-electron chi connectivity index (χ3n) is 5.25. The molecule has 0 aliphatic rings. The van der Waals surface area contributed by atoms with Gasteiger partial charge in [0.25, 0.3) is 10.0 Å². The van der Waals surface area contributed by atoms with E-state index in [4.69, 9.17) is 26.2 Å². The van der Waals surface area contributed by atoms with E-state index in [-0.39, 0.29) is 42.0 Å². The molecule has 0 saturated carbocycles. The Balaban J connectivity index is 2.06. The van der Waals surface area contributed by atoms with Gasteiger partial charge in [-0.25, -0.2) is 26.9 Å². The fourth-order valence-electron chi connectivity index (χ4n) is 3.41. The largest absolute Gasteiger partial charge is 0.497 e. The topological polar surface area (TPSA) is 142 Å². The number of anilines is 2. The molecule has 11 nitrogen and oxygen atoms in total. The molecule has 0 saturated heterocycles. The molecule has 0 atom stereocenters. The number of ether oxygens (including phenoxy) is 2. The van der Waals surface area contributed by atoms with Crippen molar-refractivity contribution >= 4 is 50.1 Å². The molecule has 0 spiro atoms. The van der Waals surface area contributed by atoms with Crippen LogP contribution in [0.2, 0.25) is 5.02 Å². The molecule has 1 aromatic heterocycles. The molecule has 0 radical (unpaired) electrons. The molecule has 1 heterocycles. The van der Waals surface area contributed by atoms with E-state index in [1.54, 1.807) is 18.2 Å². The van der Waals surface area contributed by atoms with Crippen molar-refractivity contribution in [3.8, 4) is 11.5 Å². The highest BCUT2D eigenvalue weighted by Crippen LogP contribution is 2.36. The van der Waals surface area contributed by atoms with Gasteiger partial charge in [0.05, 0.1) is 31.5 Å². The van der Waals surface area contributed by atoms with E-state index in [2.05, 4.69) is 9.36 Å². The summed E-state index contributed by atoms with van der Waals surface area (Å²) in [4.78, 5) is 15.7. The number of methoxy groups -OCH3 is 2. The molecule has 0 fully saturated rings. The van der Waals surface area contributed by atoms with Crippen LogP contribution in [-0.4, -0.2) is 61.5 Å². The summed E-state index contributed by atoms with van der Waals surface area (Å²) in [6.07, 6.45) is 0.367. The van der Waals surface area contributed by atoms with E-state index in [1.807, 2.05) is 0 Å². The number of aromatic nitrogens is 2. The third kappa shape index (κ3) is 6.39. The van der Waals surface area contributed by atoms with Gasteiger partial charge in [0.1, 0.15) is 28.5 Å². The standard InChI is InChI=1S/C22H24ClFN4O7S2/c1-34-15-6-5-14(19(9-15)35-2)12-28(21-25-13-26-36-21)37(32,33)20-10-16(23)18(11-17(20)24)27(22(30)31)7-3-4-8-29/h5-6,9-11,13,29H,3-4,7-8,12H2,1-2H3,(H,30,31). The van der Waals surface area contributed by atoms with Crippen LogP contribution >= 0.6 is 23.1 Å². The van der Waals surface area contributed by atoms with Crippen LogP contribution in [0.1, 0.15) is 18.4 Å². The molecule has 15 heteroatoms. The van der Waals surface area contributed by atoms with Gasteiger partial charge in [-0.15, -0.1) is 0 Å². The van der Waals surface area contributed by atoms with Crippen LogP contribution in [0.25, 0.3) is 0 Å². The fraction of sp³-hybridized carbons (Fsp3) is 0.318. The summed E-state index contributed by atoms with van der Waals surface area (Å²) >= 11 is 7.05. The summed E-state index contributed by atoms with van der Waals surface area (Å²) in [6, 6.07) is 6.41. The Hall–Kier alpha value is -3.20. The lowest BCUT2D eigenvalue weighted by atomic mass is 10.2. The number of rotatable bonds is 12. The van der Waals surface area contributed by atoms with Gasteiger partial charge < -0.3 is 19.7 Å². The lowest BCUT2D eigenvalue weighted by Crippen LogP contribution is -2.32. The van der Waals surface area contributed by atoms with E-state index in [0.29, 0.717) is 23.5 Å². The van der Waals surface area contributed by atoms with Crippen molar-refractivity contribution in [2.75, 3.05) is 36.6 Å². The zero-order chi connectivity index (χ0) is 27.2. The van der Waals surface area contributed by atoms with E-state index >= 15 is 4.39 Å². The summed E-state index contributed by atoms with van der Waals surface area (Å²) in [5.41, 5.74) is 0.217. The van der Waals surface area contributed by atoms with E-state index in [0.717, 1.165) is 39.2 Å². The fourth-order valence-corrected chi connectivity index (χ4v) is 5.95. The van der Waals surface area contributed by atoms with Crippen LogP contribution in [0.15, 0.2) is 41.6 Å². The molecule has 37 heavy (non-hydrogen) atoms. The van der Waals surface area contributed by atoms with Crippen LogP contribution < -0.4 is 18.7 Å². The van der Waals surface area contributed by atoms with E-state index < -0.39 is 26.8 Å². The Morgan fingerprint density at radius 3 is 2.54 bits per heavy atom. The minimum Gasteiger partial charge on any atom is -0.497 e. The van der Waals surface area contributed by atoms with Crippen LogP contribution in [0.5, 0.6) is 11.5 Å². The van der Waals surface area contributed by atoms with Crippen LogP contribution in [0.4, 0.5) is 20.0 Å². The second-order valence-corrected chi connectivity index (χ2v) is 10.5. The van der Waals surface area contributed by atoms with Crippen molar-refractivity contribution in [1.29, 1.82) is 0 Å². The number of sulfonamides is 1. The van der Waals surface area contributed by atoms with Gasteiger partial charge in [-0.2, -0.15) is 4.37 Å². The predicted molar refractivity (Wildman–Crippen MR) is 136 cm³/mol. The van der Waals surface area contributed by atoms with Crippen molar-refractivity contribution in [3.05, 3.63) is 53.1 Å². The average molecular weight is 575 g/mol. The molecule has 200 valence electrons. The quantitative estimate of drug-likeness (QED) is 0.307. The van der Waals surface area contributed by atoms with Gasteiger partial charge in [-0.1, -0.05) is 11.6 Å². The maximum atomic E-state index is 15.3. The number of carboxylic acid groups (broad SMARTS) is 1. The maximum Gasteiger partial charge on any atom is 0.411 e. The van der Waals surface area contributed by atoms with Gasteiger partial charge in [-0.05, 0) is 31.0 Å². The number of hydrogen-bond donors (Lipinski definition) is 2. The van der Waals surface area contributed by atoms with Crippen LogP contribution in [0, 0.1) is 5.82 Å². The van der Waals surface area contributed by atoms with Crippen LogP contribution in [-0.2, 0) is 16.6 Å². The van der Waals surface area contributed by atoms with E-state index in [9.17, 15) is 18.3 Å². The first-order valence-corrected chi connectivity index (χ1v) is 13.3. The SMILES string of the molecule is COc1ccc(CN(c2ncns2)S(=O)(=O)c2cc(Cl)c(N(CCCCO)C(=O)O)cc2F)c(OC)c1. The lowest BCUT2D eigenvalue weighted by molar-refractivity contribution is 0.201. The van der Waals surface area contributed by atoms with Crippen molar-refractivity contribution in [3.63, 3.8) is 0 Å². The first kappa shape index (κ1) is 28.4. The van der Waals surface area contributed by atoms with Crippen molar-refractivity contribution < 1.29 is 37.3 Å². The Kier molecular flexibility index (Phi) is 9.48. The van der Waals surface area contributed by atoms with Crippen molar-refractivity contribution in [1.82, 2.24) is 9.36 Å². The van der Waals surface area contributed by atoms with Gasteiger partial charge in [0.15, 0.2) is 0 Å². The number of aliphatic hydroxyl groups excluding tert-OH is 1. The molecular weight excluding hydrogens is 551 g/mol. The summed E-state index contributed by atoms with van der Waals surface area (Å²) in [5, 5.41) is 18.2. The minimum absolute atomic E-state index is 0.0337. The number of benzene rings is 2. The third-order valence-corrected chi connectivity index (χ3v) is 8.11. The predicted octanol–water partition coefficient (Wildman–Crippen LogP) is 4.00. The molecule has 1 amide bonds. The molecule has 0 aliphatic carbocycles. The summed E-state index contributed by atoms with van der Waals surface area (Å²) in [6.45, 7) is -0.506. The Morgan fingerprint density at radius 2 is 1.95 bits per heavy atom. The summed E-state index contributed by atoms with van der Waals surface area (Å²) < 4.78 is 58.0. The summed E-state index contributed by atoms with van der Waals surface area (Å²) in [5.74, 6) is -0.386. The molecular formula is C22H24ClFN4O7S2. The number of nitrogens with zero attached hydrogens (tertiary/aromatic N) is 4. The number of unbranched alkanes of at least 4 members (excludes halogenated alkanes) is 1. The average Bonchev–Trinajstić information content (AvgIpc) is 3.40. The van der Waals surface area contributed by atoms with Crippen molar-refractivity contribution in [2.45, 2.75) is 24.3 Å².